The molecule has 96 valence electrons. The highest BCUT2D eigenvalue weighted by Gasteiger charge is 2.12. The highest BCUT2D eigenvalue weighted by molar-refractivity contribution is 6.30. The van der Waals surface area contributed by atoms with Crippen molar-refractivity contribution >= 4 is 17.6 Å². The minimum absolute atomic E-state index is 0.380. The number of hydrogen-bond donors (Lipinski definition) is 3. The van der Waals surface area contributed by atoms with Gasteiger partial charge in [0, 0.05) is 13.0 Å². The van der Waals surface area contributed by atoms with Crippen LogP contribution in [0, 0.1) is 0 Å². The first-order valence-electron chi connectivity index (χ1n) is 5.74. The molecular weight excluding hydrogens is 242 g/mol. The van der Waals surface area contributed by atoms with E-state index >= 15 is 0 Å². The third-order valence-corrected chi connectivity index (χ3v) is 2.81. The second kappa shape index (κ2) is 6.61. The van der Waals surface area contributed by atoms with Gasteiger partial charge in [0.05, 0.1) is 5.69 Å². The van der Waals surface area contributed by atoms with Crippen molar-refractivity contribution in [2.45, 2.75) is 45.7 Å². The molecule has 1 aromatic heterocycles. The Labute approximate surface area is 106 Å². The van der Waals surface area contributed by atoms with Crippen LogP contribution in [0.4, 0.5) is 0 Å². The molecule has 6 heteroatoms. The predicted octanol–water partition coefficient (Wildman–Crippen LogP) is 1.97. The van der Waals surface area contributed by atoms with Crippen LogP contribution in [0.5, 0.6) is 0 Å². The van der Waals surface area contributed by atoms with Crippen LogP contribution in [0.2, 0.25) is 5.15 Å². The summed E-state index contributed by atoms with van der Waals surface area (Å²) in [6.07, 6.45) is 3.02. The third kappa shape index (κ3) is 4.36. The van der Waals surface area contributed by atoms with Gasteiger partial charge in [0.15, 0.2) is 5.15 Å². The predicted molar refractivity (Wildman–Crippen MR) is 66.1 cm³/mol. The average Bonchev–Trinajstić information content (AvgIpc) is 2.64. The smallest absolute Gasteiger partial charge is 0.320 e. The van der Waals surface area contributed by atoms with Crippen LogP contribution in [0.1, 0.15) is 38.2 Å². The van der Waals surface area contributed by atoms with Crippen LogP contribution >= 0.6 is 11.6 Å². The molecule has 0 unspecified atom stereocenters. The van der Waals surface area contributed by atoms with Crippen molar-refractivity contribution in [1.82, 2.24) is 15.3 Å². The van der Waals surface area contributed by atoms with E-state index in [1.165, 1.54) is 0 Å². The van der Waals surface area contributed by atoms with Crippen LogP contribution in [0.3, 0.4) is 0 Å². The lowest BCUT2D eigenvalue weighted by Crippen LogP contribution is -2.33. The number of nitrogens with zero attached hydrogens (tertiary/aromatic N) is 1. The average molecular weight is 260 g/mol. The van der Waals surface area contributed by atoms with E-state index < -0.39 is 12.0 Å². The normalized spacial score (nSPS) is 12.6. The molecule has 1 atom stereocenters. The molecule has 0 saturated heterocycles. The zero-order valence-electron chi connectivity index (χ0n) is 10.1. The topological polar surface area (TPSA) is 78.0 Å². The van der Waals surface area contributed by atoms with Gasteiger partial charge >= 0.3 is 5.97 Å². The van der Waals surface area contributed by atoms with Crippen molar-refractivity contribution in [1.29, 1.82) is 0 Å². The van der Waals surface area contributed by atoms with E-state index in [1.807, 2.05) is 0 Å². The summed E-state index contributed by atoms with van der Waals surface area (Å²) < 4.78 is 0. The lowest BCUT2D eigenvalue weighted by molar-refractivity contribution is -0.139. The fourth-order valence-corrected chi connectivity index (χ4v) is 1.58. The summed E-state index contributed by atoms with van der Waals surface area (Å²) in [5.74, 6) is -0.0246. The Kier molecular flexibility index (Phi) is 5.44. The number of imidazole rings is 1. The molecule has 0 aliphatic rings. The fraction of sp³-hybridized carbons (Fsp3) is 0.636. The Balaban J connectivity index is 2.53. The van der Waals surface area contributed by atoms with Crippen LogP contribution in [0.15, 0.2) is 0 Å². The van der Waals surface area contributed by atoms with E-state index in [-0.39, 0.29) is 0 Å². The third-order valence-electron chi connectivity index (χ3n) is 2.50. The summed E-state index contributed by atoms with van der Waals surface area (Å²) in [5, 5.41) is 12.0. The highest BCUT2D eigenvalue weighted by atomic mass is 35.5. The largest absolute Gasteiger partial charge is 0.480 e. The number of aryl methyl sites for hydroxylation is 1. The zero-order valence-corrected chi connectivity index (χ0v) is 10.8. The van der Waals surface area contributed by atoms with Crippen molar-refractivity contribution in [3.63, 3.8) is 0 Å². The van der Waals surface area contributed by atoms with E-state index in [0.29, 0.717) is 11.7 Å². The quantitative estimate of drug-likeness (QED) is 0.700. The number of aliphatic carboxylic acids is 1. The Hall–Kier alpha value is -1.07. The number of hydrogen-bond acceptors (Lipinski definition) is 3. The van der Waals surface area contributed by atoms with Crippen molar-refractivity contribution in [2.24, 2.45) is 0 Å². The van der Waals surface area contributed by atoms with Gasteiger partial charge in [-0.25, -0.2) is 4.98 Å². The van der Waals surface area contributed by atoms with Gasteiger partial charge in [-0.15, -0.1) is 0 Å². The number of carboxylic acid groups (broad SMARTS) is 1. The molecule has 0 aliphatic carbocycles. The maximum atomic E-state index is 10.6. The van der Waals surface area contributed by atoms with E-state index in [2.05, 4.69) is 22.2 Å². The maximum Gasteiger partial charge on any atom is 0.320 e. The molecule has 0 fully saturated rings. The van der Waals surface area contributed by atoms with Gasteiger partial charge in [-0.1, -0.05) is 24.9 Å². The minimum atomic E-state index is -0.883. The number of rotatable bonds is 7. The second-order valence-electron chi connectivity index (χ2n) is 4.00. The number of carboxylic acids is 1. The molecule has 0 bridgehead atoms. The lowest BCUT2D eigenvalue weighted by atomic mass is 10.2. The monoisotopic (exact) mass is 259 g/mol. The molecule has 1 aromatic rings. The number of halogens is 1. The summed E-state index contributed by atoms with van der Waals surface area (Å²) in [5.41, 5.74) is 0.742. The number of aromatic nitrogens is 2. The van der Waals surface area contributed by atoms with Crippen LogP contribution in [-0.4, -0.2) is 27.1 Å². The highest BCUT2D eigenvalue weighted by Crippen LogP contribution is 2.14. The van der Waals surface area contributed by atoms with E-state index in [1.54, 1.807) is 6.92 Å². The maximum absolute atomic E-state index is 10.6. The zero-order chi connectivity index (χ0) is 12.8. The van der Waals surface area contributed by atoms with Gasteiger partial charge in [-0.3, -0.25) is 10.1 Å². The van der Waals surface area contributed by atoms with Crippen LogP contribution in [0.25, 0.3) is 0 Å². The molecule has 0 saturated carbocycles. The van der Waals surface area contributed by atoms with Gasteiger partial charge in [0.1, 0.15) is 11.9 Å². The second-order valence-corrected chi connectivity index (χ2v) is 4.36. The van der Waals surface area contributed by atoms with Gasteiger partial charge in [0.2, 0.25) is 0 Å². The molecule has 3 N–H and O–H groups in total. The number of H-pyrrole nitrogens is 1. The molecule has 0 amide bonds. The van der Waals surface area contributed by atoms with E-state index in [9.17, 15) is 4.79 Å². The van der Waals surface area contributed by atoms with Gasteiger partial charge in [-0.2, -0.15) is 0 Å². The van der Waals surface area contributed by atoms with Crippen molar-refractivity contribution in [3.8, 4) is 0 Å². The van der Waals surface area contributed by atoms with Gasteiger partial charge in [-0.05, 0) is 13.3 Å². The van der Waals surface area contributed by atoms with Gasteiger partial charge < -0.3 is 10.1 Å². The standard InChI is InChI=1S/C11H18ClN3O2/c1-3-4-5-9-14-8(10(12)15-9)6-13-7(2)11(16)17/h7,13H,3-6H2,1-2H3,(H,14,15)(H,16,17)/t7-/m1/s1. The van der Waals surface area contributed by atoms with Gasteiger partial charge in [0.25, 0.3) is 0 Å². The van der Waals surface area contributed by atoms with Crippen molar-refractivity contribution in [3.05, 3.63) is 16.7 Å². The van der Waals surface area contributed by atoms with E-state index in [4.69, 9.17) is 16.7 Å². The first kappa shape index (κ1) is 14.0. The van der Waals surface area contributed by atoms with Crippen molar-refractivity contribution < 1.29 is 9.90 Å². The summed E-state index contributed by atoms with van der Waals surface area (Å²) in [6.45, 7) is 4.08. The van der Waals surface area contributed by atoms with Crippen LogP contribution < -0.4 is 5.32 Å². The Morgan fingerprint density at radius 2 is 2.35 bits per heavy atom. The molecule has 0 aliphatic heterocycles. The number of carbonyl (C=O) groups is 1. The molecule has 0 radical (unpaired) electrons. The summed E-state index contributed by atoms with van der Waals surface area (Å²) >= 11 is 5.96. The molecule has 1 heterocycles. The first-order chi connectivity index (χ1) is 8.04. The fourth-order valence-electron chi connectivity index (χ4n) is 1.36. The first-order valence-corrected chi connectivity index (χ1v) is 6.11. The number of aromatic amines is 1. The van der Waals surface area contributed by atoms with Crippen LogP contribution in [-0.2, 0) is 17.8 Å². The molecule has 5 nitrogen and oxygen atoms in total. The molecule has 0 aromatic carbocycles. The Bertz CT molecular complexity index is 379. The summed E-state index contributed by atoms with van der Waals surface area (Å²) in [4.78, 5) is 17.9. The molecular formula is C11H18ClN3O2. The molecule has 1 rings (SSSR count). The summed E-state index contributed by atoms with van der Waals surface area (Å²) in [6, 6.07) is -0.603. The lowest BCUT2D eigenvalue weighted by Gasteiger charge is -2.07. The molecule has 17 heavy (non-hydrogen) atoms. The Morgan fingerprint density at radius 3 is 2.94 bits per heavy atom. The van der Waals surface area contributed by atoms with Crippen molar-refractivity contribution in [2.75, 3.05) is 0 Å². The number of unbranched alkanes of at least 4 members (excludes halogenated alkanes) is 1. The van der Waals surface area contributed by atoms with E-state index in [0.717, 1.165) is 30.8 Å². The Morgan fingerprint density at radius 1 is 1.65 bits per heavy atom. The summed E-state index contributed by atoms with van der Waals surface area (Å²) in [7, 11) is 0. The minimum Gasteiger partial charge on any atom is -0.480 e. The molecule has 0 spiro atoms. The SMILES string of the molecule is CCCCc1nc(Cl)c(CN[C@H](C)C(=O)O)[nH]1. The number of nitrogens with one attached hydrogen (secondary N) is 2.